The fourth-order valence-electron chi connectivity index (χ4n) is 2.46. The Balaban J connectivity index is 1.82. The van der Waals surface area contributed by atoms with Gasteiger partial charge in [-0.05, 0) is 13.0 Å². The van der Waals surface area contributed by atoms with Gasteiger partial charge in [-0.2, -0.15) is 10.2 Å². The maximum Gasteiger partial charge on any atom is 0.255 e. The van der Waals surface area contributed by atoms with Gasteiger partial charge >= 0.3 is 0 Å². The molecule has 1 atom stereocenters. The van der Waals surface area contributed by atoms with Gasteiger partial charge in [-0.3, -0.25) is 14.2 Å². The van der Waals surface area contributed by atoms with Crippen molar-refractivity contribution in [3.05, 3.63) is 53.7 Å². The standard InChI is InChI=1S/C16H17ClN6O/c1-11(7-23-10-18-9-19-23)20-16(24)13-8-22(2)21-15(13)12-5-3-4-6-14(12)17/h3-6,8-11H,7H2,1-2H3,(H,20,24)/t11-/m0/s1. The molecule has 3 rings (SSSR count). The molecule has 0 aliphatic carbocycles. The van der Waals surface area contributed by atoms with E-state index in [-0.39, 0.29) is 11.9 Å². The number of hydrogen-bond donors (Lipinski definition) is 1. The van der Waals surface area contributed by atoms with Crippen LogP contribution in [0, 0.1) is 0 Å². The van der Waals surface area contributed by atoms with Crippen LogP contribution in [0.25, 0.3) is 11.3 Å². The lowest BCUT2D eigenvalue weighted by atomic mass is 10.1. The van der Waals surface area contributed by atoms with E-state index in [0.717, 1.165) is 5.56 Å². The minimum absolute atomic E-state index is 0.112. The van der Waals surface area contributed by atoms with Gasteiger partial charge in [0.2, 0.25) is 0 Å². The second kappa shape index (κ2) is 6.84. The fourth-order valence-corrected chi connectivity index (χ4v) is 2.69. The highest BCUT2D eigenvalue weighted by atomic mass is 35.5. The zero-order valence-corrected chi connectivity index (χ0v) is 14.1. The molecule has 0 bridgehead atoms. The van der Waals surface area contributed by atoms with Crippen LogP contribution in [0.1, 0.15) is 17.3 Å². The van der Waals surface area contributed by atoms with E-state index in [1.54, 1.807) is 35.0 Å². The summed E-state index contributed by atoms with van der Waals surface area (Å²) < 4.78 is 3.28. The van der Waals surface area contributed by atoms with Crippen LogP contribution in [0.2, 0.25) is 5.02 Å². The number of aromatic nitrogens is 5. The number of nitrogens with one attached hydrogen (secondary N) is 1. The first-order chi connectivity index (χ1) is 11.5. The summed E-state index contributed by atoms with van der Waals surface area (Å²) in [6.07, 6.45) is 4.77. The molecule has 0 unspecified atom stereocenters. The Bertz CT molecular complexity index is 842. The number of carbonyl (C=O) groups is 1. The fraction of sp³-hybridized carbons (Fsp3) is 0.250. The summed E-state index contributed by atoms with van der Waals surface area (Å²) >= 11 is 6.25. The zero-order chi connectivity index (χ0) is 17.1. The second-order valence-corrected chi connectivity index (χ2v) is 5.94. The monoisotopic (exact) mass is 344 g/mol. The normalized spacial score (nSPS) is 12.1. The highest BCUT2D eigenvalue weighted by molar-refractivity contribution is 6.33. The van der Waals surface area contributed by atoms with Crippen LogP contribution < -0.4 is 5.32 Å². The number of amides is 1. The molecule has 8 heteroatoms. The van der Waals surface area contributed by atoms with Gasteiger partial charge in [-0.15, -0.1) is 0 Å². The van der Waals surface area contributed by atoms with Crippen LogP contribution in [-0.4, -0.2) is 36.5 Å². The molecule has 1 amide bonds. The number of halogens is 1. The molecule has 2 aromatic heterocycles. The molecule has 1 N–H and O–H groups in total. The first kappa shape index (κ1) is 16.2. The quantitative estimate of drug-likeness (QED) is 0.769. The summed E-state index contributed by atoms with van der Waals surface area (Å²) in [4.78, 5) is 16.5. The average molecular weight is 345 g/mol. The van der Waals surface area contributed by atoms with Gasteiger partial charge in [0.1, 0.15) is 18.3 Å². The molecule has 0 saturated heterocycles. The summed E-state index contributed by atoms with van der Waals surface area (Å²) in [5.41, 5.74) is 1.78. The van der Waals surface area contributed by atoms with Crippen LogP contribution in [-0.2, 0) is 13.6 Å². The minimum atomic E-state index is -0.203. The Morgan fingerprint density at radius 2 is 2.17 bits per heavy atom. The molecule has 24 heavy (non-hydrogen) atoms. The maximum atomic E-state index is 12.6. The number of rotatable bonds is 5. The second-order valence-electron chi connectivity index (χ2n) is 5.54. The molecule has 0 spiro atoms. The van der Waals surface area contributed by atoms with Crippen LogP contribution in [0.15, 0.2) is 43.1 Å². The highest BCUT2D eigenvalue weighted by Gasteiger charge is 2.20. The van der Waals surface area contributed by atoms with Crippen LogP contribution >= 0.6 is 11.6 Å². The Morgan fingerprint density at radius 1 is 1.38 bits per heavy atom. The molecule has 0 aliphatic heterocycles. The third kappa shape index (κ3) is 3.46. The number of aryl methyl sites for hydroxylation is 1. The van der Waals surface area contributed by atoms with Crippen molar-refractivity contribution in [3.63, 3.8) is 0 Å². The number of hydrogen-bond acceptors (Lipinski definition) is 4. The molecule has 0 aliphatic rings. The summed E-state index contributed by atoms with van der Waals surface area (Å²) in [6, 6.07) is 7.22. The molecule has 0 fully saturated rings. The van der Waals surface area contributed by atoms with Gasteiger partial charge in [0.15, 0.2) is 0 Å². The Hall–Kier alpha value is -2.67. The van der Waals surface area contributed by atoms with Crippen LogP contribution in [0.3, 0.4) is 0 Å². The van der Waals surface area contributed by atoms with Crippen molar-refractivity contribution in [2.45, 2.75) is 19.5 Å². The van der Waals surface area contributed by atoms with Gasteiger partial charge in [-0.1, -0.05) is 29.8 Å². The average Bonchev–Trinajstić information content (AvgIpc) is 3.17. The van der Waals surface area contributed by atoms with Crippen molar-refractivity contribution >= 4 is 17.5 Å². The molecule has 3 aromatic rings. The molecule has 124 valence electrons. The van der Waals surface area contributed by atoms with Crippen molar-refractivity contribution in [1.82, 2.24) is 29.9 Å². The molecular formula is C16H17ClN6O. The highest BCUT2D eigenvalue weighted by Crippen LogP contribution is 2.28. The summed E-state index contributed by atoms with van der Waals surface area (Å²) in [5.74, 6) is -0.203. The van der Waals surface area contributed by atoms with E-state index >= 15 is 0 Å². The first-order valence-corrected chi connectivity index (χ1v) is 7.84. The minimum Gasteiger partial charge on any atom is -0.348 e. The molecule has 7 nitrogen and oxygen atoms in total. The van der Waals surface area contributed by atoms with Crippen LogP contribution in [0.5, 0.6) is 0 Å². The number of nitrogens with zero attached hydrogens (tertiary/aromatic N) is 5. The Morgan fingerprint density at radius 3 is 2.88 bits per heavy atom. The Kier molecular flexibility index (Phi) is 4.61. The van der Waals surface area contributed by atoms with Gasteiger partial charge in [0, 0.05) is 24.8 Å². The predicted octanol–water partition coefficient (Wildman–Crippen LogP) is 2.15. The number of benzene rings is 1. The topological polar surface area (TPSA) is 77.6 Å². The summed E-state index contributed by atoms with van der Waals surface area (Å²) in [7, 11) is 1.77. The van der Waals surface area contributed by atoms with E-state index in [4.69, 9.17) is 11.6 Å². The van der Waals surface area contributed by atoms with E-state index in [1.807, 2.05) is 25.1 Å². The van der Waals surface area contributed by atoms with Crippen molar-refractivity contribution in [2.75, 3.05) is 0 Å². The predicted molar refractivity (Wildman–Crippen MR) is 90.6 cm³/mol. The van der Waals surface area contributed by atoms with Crippen molar-refractivity contribution in [1.29, 1.82) is 0 Å². The Labute approximate surface area is 144 Å². The van der Waals surface area contributed by atoms with Crippen molar-refractivity contribution < 1.29 is 4.79 Å². The van der Waals surface area contributed by atoms with E-state index in [0.29, 0.717) is 22.8 Å². The maximum absolute atomic E-state index is 12.6. The van der Waals surface area contributed by atoms with Gasteiger partial charge in [-0.25, -0.2) is 4.98 Å². The molecule has 1 aromatic carbocycles. The van der Waals surface area contributed by atoms with E-state index in [9.17, 15) is 4.79 Å². The largest absolute Gasteiger partial charge is 0.348 e. The van der Waals surface area contributed by atoms with Crippen molar-refractivity contribution in [2.24, 2.45) is 7.05 Å². The smallest absolute Gasteiger partial charge is 0.255 e. The SMILES string of the molecule is C[C@@H](Cn1cncn1)NC(=O)c1cn(C)nc1-c1ccccc1Cl. The van der Waals surface area contributed by atoms with E-state index in [2.05, 4.69) is 20.5 Å². The third-order valence-corrected chi connectivity index (χ3v) is 3.84. The first-order valence-electron chi connectivity index (χ1n) is 7.46. The van der Waals surface area contributed by atoms with E-state index in [1.165, 1.54) is 6.33 Å². The van der Waals surface area contributed by atoms with E-state index < -0.39 is 0 Å². The lowest BCUT2D eigenvalue weighted by Crippen LogP contribution is -2.35. The van der Waals surface area contributed by atoms with Crippen LogP contribution in [0.4, 0.5) is 0 Å². The molecule has 0 radical (unpaired) electrons. The van der Waals surface area contributed by atoms with Gasteiger partial charge < -0.3 is 5.32 Å². The van der Waals surface area contributed by atoms with Gasteiger partial charge in [0.05, 0.1) is 17.1 Å². The molecular weight excluding hydrogens is 328 g/mol. The third-order valence-electron chi connectivity index (χ3n) is 3.51. The summed E-state index contributed by atoms with van der Waals surface area (Å²) in [6.45, 7) is 2.44. The number of carbonyl (C=O) groups excluding carboxylic acids is 1. The van der Waals surface area contributed by atoms with Gasteiger partial charge in [0.25, 0.3) is 5.91 Å². The molecule has 0 saturated carbocycles. The summed E-state index contributed by atoms with van der Waals surface area (Å²) in [5, 5.41) is 11.9. The lowest BCUT2D eigenvalue weighted by Gasteiger charge is -2.13. The zero-order valence-electron chi connectivity index (χ0n) is 13.3. The lowest BCUT2D eigenvalue weighted by molar-refractivity contribution is 0.0936. The van der Waals surface area contributed by atoms with Crippen molar-refractivity contribution in [3.8, 4) is 11.3 Å². The molecule has 2 heterocycles.